The number of nitrogens with zero attached hydrogens (tertiary/aromatic N) is 2. The largest absolute Gasteiger partial charge is 0.458 e. The maximum absolute atomic E-state index is 14.7. The first kappa shape index (κ1) is 38.5. The molecule has 8 atom stereocenters. The van der Waals surface area contributed by atoms with Gasteiger partial charge in [0.1, 0.15) is 18.0 Å². The van der Waals surface area contributed by atoms with Gasteiger partial charge in [-0.1, -0.05) is 55.4 Å². The van der Waals surface area contributed by atoms with E-state index in [2.05, 4.69) is 55.4 Å². The molecule has 1 aromatic rings. The van der Waals surface area contributed by atoms with Gasteiger partial charge in [0.2, 0.25) is 6.23 Å². The fraction of sp³-hybridized carbons (Fsp3) is 0.667. The van der Waals surface area contributed by atoms with Gasteiger partial charge in [0.15, 0.2) is 6.10 Å². The monoisotopic (exact) mass is 728 g/mol. The van der Waals surface area contributed by atoms with Crippen LogP contribution in [0, 0.1) is 29.1 Å². The summed E-state index contributed by atoms with van der Waals surface area (Å²) >= 11 is 0. The maximum Gasteiger partial charge on any atom is 0.351 e. The summed E-state index contributed by atoms with van der Waals surface area (Å²) in [6, 6.07) is 1.17. The molecule has 0 spiro atoms. The van der Waals surface area contributed by atoms with Crippen LogP contribution in [0.2, 0.25) is 0 Å². The Kier molecular flexibility index (Phi) is 12.2. The van der Waals surface area contributed by atoms with Gasteiger partial charge in [0, 0.05) is 6.20 Å². The molecule has 11 nitrogen and oxygen atoms in total. The molecular formula is C39H54F2N4O7. The van der Waals surface area contributed by atoms with E-state index in [-0.39, 0.29) is 30.4 Å². The second-order valence-corrected chi connectivity index (χ2v) is 15.6. The number of halogens is 2. The second-order valence-electron chi connectivity index (χ2n) is 15.6. The van der Waals surface area contributed by atoms with Crippen molar-refractivity contribution in [1.29, 1.82) is 0 Å². The Labute approximate surface area is 304 Å². The average molecular weight is 729 g/mol. The molecule has 6 rings (SSSR count). The van der Waals surface area contributed by atoms with Gasteiger partial charge in [-0.15, -0.1) is 0 Å². The number of aliphatic hydroxyl groups is 1. The van der Waals surface area contributed by atoms with Gasteiger partial charge in [-0.25, -0.2) is 4.79 Å². The maximum atomic E-state index is 14.7. The molecule has 2 heterocycles. The van der Waals surface area contributed by atoms with Crippen LogP contribution in [0.1, 0.15) is 97.1 Å². The number of ether oxygens (including phenoxy) is 2. The highest BCUT2D eigenvalue weighted by Gasteiger charge is 2.60. The van der Waals surface area contributed by atoms with E-state index in [0.29, 0.717) is 28.2 Å². The first-order valence-electron chi connectivity index (χ1n) is 18.9. The van der Waals surface area contributed by atoms with E-state index in [1.807, 2.05) is 0 Å². The molecular weight excluding hydrogens is 674 g/mol. The molecule has 0 radical (unpaired) electrons. The van der Waals surface area contributed by atoms with E-state index in [0.717, 1.165) is 31.9 Å². The lowest BCUT2D eigenvalue weighted by molar-refractivity contribution is -0.197. The molecule has 5 fully saturated rings. The molecule has 5 aliphatic rings. The minimum absolute atomic E-state index is 0.0558. The summed E-state index contributed by atoms with van der Waals surface area (Å²) in [5.74, 6) is -2.51. The van der Waals surface area contributed by atoms with Crippen LogP contribution < -0.4 is 17.1 Å². The van der Waals surface area contributed by atoms with Crippen LogP contribution in [0.5, 0.6) is 0 Å². The molecule has 1 saturated heterocycles. The molecule has 286 valence electrons. The summed E-state index contributed by atoms with van der Waals surface area (Å²) in [6.07, 6.45) is 16.8. The zero-order valence-corrected chi connectivity index (χ0v) is 30.3. The minimum Gasteiger partial charge on any atom is -0.458 e. The number of rotatable bonds is 14. The Bertz CT molecular complexity index is 1610. The van der Waals surface area contributed by atoms with Crippen molar-refractivity contribution in [2.45, 2.75) is 121 Å². The molecule has 4 aliphatic carbocycles. The predicted molar refractivity (Wildman–Crippen MR) is 190 cm³/mol. The standard InChI is InChI=1S/C39H54F2N4O7/c1-24-7-4-5-8-26(24)11-12-27-9-6-20-38(3)29(15-16-30(27)38)25(2)10-17-31(28-13-14-28)51-34(46)19-22-49-44-50-23-32-35(47)39(40,41)36(52-32)45-21-18-33(42)43-37(45)48/h10-12,17-18,21,25,28-32,35-36,44,47H,1,4-9,13-16,19-20,22-23H2,2-3H3,(H2,42,43,48)/b17-10+,26-11-,27-12+/t25-,29?,30?,31?,32?,35?,36?,38+/m0/s1. The number of carbonyl (C=O) groups excluding carboxylic acids is 1. The van der Waals surface area contributed by atoms with E-state index in [1.54, 1.807) is 5.57 Å². The number of nitrogen functional groups attached to an aromatic ring is 1. The third kappa shape index (κ3) is 8.59. The highest BCUT2D eigenvalue weighted by molar-refractivity contribution is 5.69. The number of fused-ring (bicyclic) bond motifs is 1. The molecule has 1 aliphatic heterocycles. The number of aliphatic hydroxyl groups excluding tert-OH is 1. The molecule has 1 aromatic heterocycles. The van der Waals surface area contributed by atoms with Crippen LogP contribution in [-0.2, 0) is 23.9 Å². The van der Waals surface area contributed by atoms with Crippen LogP contribution in [-0.4, -0.2) is 58.1 Å². The number of nitrogens with two attached hydrogens (primary N) is 1. The van der Waals surface area contributed by atoms with E-state index in [4.69, 9.17) is 24.9 Å². The lowest BCUT2D eigenvalue weighted by atomic mass is 9.61. The highest BCUT2D eigenvalue weighted by atomic mass is 19.3. The molecule has 13 heteroatoms. The topological polar surface area (TPSA) is 147 Å². The number of esters is 1. The normalized spacial score (nSPS) is 33.1. The van der Waals surface area contributed by atoms with Gasteiger partial charge in [-0.2, -0.15) is 13.8 Å². The summed E-state index contributed by atoms with van der Waals surface area (Å²) in [6.45, 7) is 8.47. The number of anilines is 1. The van der Waals surface area contributed by atoms with Gasteiger partial charge in [-0.05, 0) is 117 Å². The molecule has 0 amide bonds. The van der Waals surface area contributed by atoms with E-state index < -0.39 is 42.6 Å². The number of allylic oxidation sites excluding steroid dienone is 6. The van der Waals surface area contributed by atoms with E-state index in [9.17, 15) is 23.5 Å². The number of hydrogen-bond acceptors (Lipinski definition) is 10. The van der Waals surface area contributed by atoms with Crippen molar-refractivity contribution in [1.82, 2.24) is 15.2 Å². The molecule has 0 aromatic carbocycles. The van der Waals surface area contributed by atoms with Crippen LogP contribution in [0.25, 0.3) is 0 Å². The number of carbonyl (C=O) groups is 1. The lowest BCUT2D eigenvalue weighted by Gasteiger charge is -2.44. The van der Waals surface area contributed by atoms with E-state index in [1.165, 1.54) is 62.2 Å². The average Bonchev–Trinajstić information content (AvgIpc) is 3.85. The number of alkyl halides is 2. The summed E-state index contributed by atoms with van der Waals surface area (Å²) in [7, 11) is 0. The Morgan fingerprint density at radius 1 is 1.17 bits per heavy atom. The molecule has 0 bridgehead atoms. The smallest absolute Gasteiger partial charge is 0.351 e. The predicted octanol–water partition coefficient (Wildman–Crippen LogP) is 6.28. The van der Waals surface area contributed by atoms with Crippen molar-refractivity contribution in [2.75, 3.05) is 18.9 Å². The number of aromatic nitrogens is 2. The zero-order valence-electron chi connectivity index (χ0n) is 30.3. The van der Waals surface area contributed by atoms with E-state index >= 15 is 0 Å². The van der Waals surface area contributed by atoms with Gasteiger partial charge in [0.25, 0.3) is 0 Å². The number of hydrogen-bond donors (Lipinski definition) is 3. The fourth-order valence-corrected chi connectivity index (χ4v) is 8.93. The Hall–Kier alpha value is -3.23. The Morgan fingerprint density at radius 2 is 1.96 bits per heavy atom. The van der Waals surface area contributed by atoms with Crippen molar-refractivity contribution < 1.29 is 37.8 Å². The minimum atomic E-state index is -3.80. The van der Waals surface area contributed by atoms with Gasteiger partial charge in [0.05, 0.1) is 19.6 Å². The molecule has 6 unspecified atom stereocenters. The van der Waals surface area contributed by atoms with Crippen molar-refractivity contribution in [3.8, 4) is 0 Å². The summed E-state index contributed by atoms with van der Waals surface area (Å²) in [5, 5.41) is 10.1. The quantitative estimate of drug-likeness (QED) is 0.0867. The van der Waals surface area contributed by atoms with Gasteiger partial charge < -0.3 is 20.3 Å². The Balaban J connectivity index is 0.937. The number of nitrogens with one attached hydrogen (secondary N) is 1. The molecule has 4 N–H and O–H groups in total. The lowest BCUT2D eigenvalue weighted by Crippen LogP contribution is -2.42. The SMILES string of the molecule is C=C1CCCC/C1=C/C=C1\CCC[C@@]2(C)C1CCC2[C@@H](C)/C=C/C(OC(=O)CCONOCC1OC(n2ccc(N)nc2=O)C(F)(F)C1O)C1CC1. The summed E-state index contributed by atoms with van der Waals surface area (Å²) in [4.78, 5) is 38.4. The second kappa shape index (κ2) is 16.4. The van der Waals surface area contributed by atoms with Crippen molar-refractivity contribution in [2.24, 2.45) is 29.1 Å². The highest BCUT2D eigenvalue weighted by Crippen LogP contribution is 2.59. The summed E-state index contributed by atoms with van der Waals surface area (Å²) in [5.41, 5.74) is 11.1. The van der Waals surface area contributed by atoms with Crippen LogP contribution >= 0.6 is 0 Å². The van der Waals surface area contributed by atoms with Gasteiger partial charge in [-0.3, -0.25) is 19.0 Å². The van der Waals surface area contributed by atoms with Crippen LogP contribution in [0.3, 0.4) is 0 Å². The first-order valence-corrected chi connectivity index (χ1v) is 18.9. The Morgan fingerprint density at radius 3 is 2.71 bits per heavy atom. The third-order valence-corrected chi connectivity index (χ3v) is 12.0. The van der Waals surface area contributed by atoms with Gasteiger partial charge >= 0.3 is 17.6 Å². The molecule has 4 saturated carbocycles. The van der Waals surface area contributed by atoms with Crippen LogP contribution in [0.15, 0.2) is 64.7 Å². The van der Waals surface area contributed by atoms with Crippen LogP contribution in [0.4, 0.5) is 14.6 Å². The zero-order chi connectivity index (χ0) is 37.0. The summed E-state index contributed by atoms with van der Waals surface area (Å²) < 4.78 is 41.1. The molecule has 52 heavy (non-hydrogen) atoms. The van der Waals surface area contributed by atoms with Crippen molar-refractivity contribution in [3.63, 3.8) is 0 Å². The van der Waals surface area contributed by atoms with Crippen molar-refractivity contribution in [3.05, 3.63) is 70.3 Å². The third-order valence-electron chi connectivity index (χ3n) is 12.0. The first-order chi connectivity index (χ1) is 24.9. The fourth-order valence-electron chi connectivity index (χ4n) is 8.93. The van der Waals surface area contributed by atoms with Crippen molar-refractivity contribution >= 4 is 11.8 Å².